The number of anilines is 2. The van der Waals surface area contributed by atoms with Gasteiger partial charge in [0, 0.05) is 16.7 Å². The molecule has 5 rings (SSSR count). The van der Waals surface area contributed by atoms with E-state index in [0.29, 0.717) is 33.4 Å². The maximum Gasteiger partial charge on any atom is 0.412 e. The van der Waals surface area contributed by atoms with Gasteiger partial charge in [-0.2, -0.15) is 0 Å². The highest BCUT2D eigenvalue weighted by molar-refractivity contribution is 6.30. The summed E-state index contributed by atoms with van der Waals surface area (Å²) in [6.07, 6.45) is 1.07. The van der Waals surface area contributed by atoms with Crippen molar-refractivity contribution in [2.75, 3.05) is 17.2 Å². The van der Waals surface area contributed by atoms with Gasteiger partial charge in [-0.3, -0.25) is 5.32 Å². The number of ether oxygens (including phenoxy) is 1. The summed E-state index contributed by atoms with van der Waals surface area (Å²) in [4.78, 5) is 26.1. The average Bonchev–Trinajstić information content (AvgIpc) is 2.93. The fraction of sp³-hybridized carbons (Fsp3) is 0.103. The van der Waals surface area contributed by atoms with Crippen LogP contribution >= 0.6 is 11.6 Å². The topological polar surface area (TPSA) is 89.0 Å². The van der Waals surface area contributed by atoms with Gasteiger partial charge in [-0.25, -0.2) is 19.7 Å². The van der Waals surface area contributed by atoms with Crippen LogP contribution in [0.2, 0.25) is 5.02 Å². The van der Waals surface area contributed by atoms with E-state index < -0.39 is 6.09 Å². The molecule has 0 spiro atoms. The predicted octanol–water partition coefficient (Wildman–Crippen LogP) is 7.12. The second-order valence-electron chi connectivity index (χ2n) is 8.23. The quantitative estimate of drug-likeness (QED) is 0.243. The van der Waals surface area contributed by atoms with Crippen LogP contribution in [0, 0.1) is 0 Å². The van der Waals surface area contributed by atoms with Gasteiger partial charge in [0.05, 0.1) is 30.2 Å². The number of pyridine rings is 1. The van der Waals surface area contributed by atoms with Crippen LogP contribution in [-0.2, 0) is 4.74 Å². The molecule has 0 fully saturated rings. The molecule has 0 unspecified atom stereocenters. The Morgan fingerprint density at radius 2 is 1.57 bits per heavy atom. The van der Waals surface area contributed by atoms with E-state index in [-0.39, 0.29) is 12.6 Å². The molecule has 8 heteroatoms. The molecule has 0 atom stereocenters. The Bertz CT molecular complexity index is 1470. The molecule has 7 nitrogen and oxygen atoms in total. The lowest BCUT2D eigenvalue weighted by Gasteiger charge is -2.22. The van der Waals surface area contributed by atoms with Crippen LogP contribution in [0.3, 0.4) is 0 Å². The highest BCUT2D eigenvalue weighted by atomic mass is 35.5. The maximum absolute atomic E-state index is 12.2. The van der Waals surface area contributed by atoms with Crippen molar-refractivity contribution in [1.29, 1.82) is 0 Å². The summed E-state index contributed by atoms with van der Waals surface area (Å²) in [6.45, 7) is 1.99. The van der Waals surface area contributed by atoms with E-state index >= 15 is 0 Å². The highest BCUT2D eigenvalue weighted by Gasteiger charge is 2.19. The van der Waals surface area contributed by atoms with Crippen LogP contribution in [0.25, 0.3) is 22.4 Å². The van der Waals surface area contributed by atoms with Gasteiger partial charge >= 0.3 is 6.09 Å². The van der Waals surface area contributed by atoms with Crippen LogP contribution < -0.4 is 10.6 Å². The number of benzene rings is 3. The summed E-state index contributed by atoms with van der Waals surface area (Å²) in [5, 5.41) is 6.96. The number of rotatable bonds is 7. The van der Waals surface area contributed by atoms with E-state index in [1.54, 1.807) is 19.2 Å². The maximum atomic E-state index is 12.2. The molecular weight excluding hydrogens is 486 g/mol. The summed E-state index contributed by atoms with van der Waals surface area (Å²) in [5.41, 5.74) is 5.31. The van der Waals surface area contributed by atoms with Crippen LogP contribution in [0.1, 0.15) is 24.1 Å². The minimum Gasteiger partial charge on any atom is -0.450 e. The van der Waals surface area contributed by atoms with Crippen molar-refractivity contribution >= 4 is 40.4 Å². The predicted molar refractivity (Wildman–Crippen MR) is 147 cm³/mol. The lowest BCUT2D eigenvalue weighted by molar-refractivity contribution is 0.168. The number of fused-ring (bicyclic) bond motifs is 1. The summed E-state index contributed by atoms with van der Waals surface area (Å²) in [5.74, 6) is 0.307. The molecule has 0 aliphatic rings. The van der Waals surface area contributed by atoms with E-state index in [1.807, 2.05) is 60.7 Å². The number of aromatic nitrogens is 3. The van der Waals surface area contributed by atoms with Crippen molar-refractivity contribution in [2.24, 2.45) is 0 Å². The van der Waals surface area contributed by atoms with Crippen LogP contribution in [0.4, 0.5) is 16.3 Å². The van der Waals surface area contributed by atoms with Crippen LogP contribution in [0.5, 0.6) is 0 Å². The Labute approximate surface area is 219 Å². The van der Waals surface area contributed by atoms with E-state index in [9.17, 15) is 4.79 Å². The first-order valence-electron chi connectivity index (χ1n) is 11.8. The molecule has 184 valence electrons. The lowest BCUT2D eigenvalue weighted by atomic mass is 9.98. The molecule has 1 amide bonds. The number of carbonyl (C=O) groups excluding carboxylic acids is 1. The number of halogens is 1. The molecule has 0 bridgehead atoms. The van der Waals surface area contributed by atoms with Crippen LogP contribution in [-0.4, -0.2) is 27.7 Å². The normalized spacial score (nSPS) is 10.9. The minimum atomic E-state index is -0.589. The molecule has 0 aliphatic carbocycles. The van der Waals surface area contributed by atoms with Crippen molar-refractivity contribution in [3.05, 3.63) is 113 Å². The smallest absolute Gasteiger partial charge is 0.412 e. The fourth-order valence-corrected chi connectivity index (χ4v) is 4.13. The van der Waals surface area contributed by atoms with Gasteiger partial charge in [-0.15, -0.1) is 0 Å². The second kappa shape index (κ2) is 11.1. The van der Waals surface area contributed by atoms with Gasteiger partial charge < -0.3 is 10.1 Å². The Hall–Kier alpha value is -4.49. The Morgan fingerprint density at radius 1 is 0.919 bits per heavy atom. The zero-order chi connectivity index (χ0) is 25.6. The SMILES string of the molecule is CCOC(=O)Nc1cc(NC(c2ccccc2)c2ccccc2)c2nc(-c3ccc(Cl)cc3)cnc2n1. The van der Waals surface area contributed by atoms with Gasteiger partial charge in [-0.1, -0.05) is 84.4 Å². The molecule has 3 aromatic carbocycles. The summed E-state index contributed by atoms with van der Waals surface area (Å²) < 4.78 is 5.05. The van der Waals surface area contributed by atoms with E-state index in [1.165, 1.54) is 0 Å². The summed E-state index contributed by atoms with van der Waals surface area (Å²) in [7, 11) is 0. The largest absolute Gasteiger partial charge is 0.450 e. The Morgan fingerprint density at radius 3 is 2.19 bits per heavy atom. The molecule has 0 saturated carbocycles. The van der Waals surface area contributed by atoms with Gasteiger partial charge in [0.25, 0.3) is 0 Å². The van der Waals surface area contributed by atoms with Gasteiger partial charge in [0.1, 0.15) is 11.3 Å². The minimum absolute atomic E-state index is 0.190. The molecule has 5 aromatic rings. The van der Waals surface area contributed by atoms with E-state index in [4.69, 9.17) is 21.3 Å². The van der Waals surface area contributed by atoms with Crippen molar-refractivity contribution in [3.8, 4) is 11.3 Å². The van der Waals surface area contributed by atoms with Gasteiger partial charge in [0.15, 0.2) is 5.65 Å². The van der Waals surface area contributed by atoms with Gasteiger partial charge in [-0.05, 0) is 30.2 Å². The average molecular weight is 510 g/mol. The van der Waals surface area contributed by atoms with E-state index in [0.717, 1.165) is 16.7 Å². The molecule has 0 radical (unpaired) electrons. The van der Waals surface area contributed by atoms with Crippen molar-refractivity contribution in [2.45, 2.75) is 13.0 Å². The van der Waals surface area contributed by atoms with Crippen molar-refractivity contribution in [3.63, 3.8) is 0 Å². The first-order chi connectivity index (χ1) is 18.1. The lowest BCUT2D eigenvalue weighted by Crippen LogP contribution is -2.16. The number of nitrogens with zero attached hydrogens (tertiary/aromatic N) is 3. The monoisotopic (exact) mass is 509 g/mol. The standard InChI is InChI=1S/C29H24ClN5O2/c1-2-37-29(36)35-25-17-23(32-26(20-9-5-3-6-10-20)21-11-7-4-8-12-21)27-28(34-25)31-18-24(33-27)19-13-15-22(30)16-14-19/h3-18,26H,2H2,1H3,(H2,31,32,34,35,36). The molecular formula is C29H24ClN5O2. The van der Waals surface area contributed by atoms with Crippen molar-refractivity contribution in [1.82, 2.24) is 15.0 Å². The van der Waals surface area contributed by atoms with Crippen molar-refractivity contribution < 1.29 is 9.53 Å². The number of nitrogens with one attached hydrogen (secondary N) is 2. The zero-order valence-electron chi connectivity index (χ0n) is 20.1. The van der Waals surface area contributed by atoms with E-state index in [2.05, 4.69) is 44.9 Å². The number of hydrogen-bond donors (Lipinski definition) is 2. The fourth-order valence-electron chi connectivity index (χ4n) is 4.01. The molecule has 2 aromatic heterocycles. The Kier molecular flexibility index (Phi) is 7.23. The number of carbonyl (C=O) groups is 1. The molecule has 37 heavy (non-hydrogen) atoms. The van der Waals surface area contributed by atoms with Crippen LogP contribution in [0.15, 0.2) is 97.2 Å². The highest BCUT2D eigenvalue weighted by Crippen LogP contribution is 2.32. The second-order valence-corrected chi connectivity index (χ2v) is 8.67. The molecule has 0 saturated heterocycles. The Balaban J connectivity index is 1.63. The number of hydrogen-bond acceptors (Lipinski definition) is 6. The third-order valence-electron chi connectivity index (χ3n) is 5.73. The third-order valence-corrected chi connectivity index (χ3v) is 5.98. The summed E-state index contributed by atoms with van der Waals surface area (Å²) in [6, 6.07) is 29.2. The zero-order valence-corrected chi connectivity index (χ0v) is 20.8. The molecule has 0 aliphatic heterocycles. The molecule has 2 N–H and O–H groups in total. The first-order valence-corrected chi connectivity index (χ1v) is 12.2. The molecule has 2 heterocycles. The van der Waals surface area contributed by atoms with Gasteiger partial charge in [0.2, 0.25) is 0 Å². The summed E-state index contributed by atoms with van der Waals surface area (Å²) >= 11 is 6.07. The first kappa shape index (κ1) is 24.2. The number of amides is 1. The third kappa shape index (κ3) is 5.68.